The van der Waals surface area contributed by atoms with Gasteiger partial charge in [0, 0.05) is 23.5 Å². The maximum atomic E-state index is 12.2. The number of anilines is 1. The summed E-state index contributed by atoms with van der Waals surface area (Å²) < 4.78 is 1.71. The summed E-state index contributed by atoms with van der Waals surface area (Å²) in [5.41, 5.74) is 5.01. The van der Waals surface area contributed by atoms with Crippen LogP contribution in [0.25, 0.3) is 5.78 Å². The second-order valence-corrected chi connectivity index (χ2v) is 5.83. The highest BCUT2D eigenvalue weighted by molar-refractivity contribution is 5.90. The van der Waals surface area contributed by atoms with Crippen molar-refractivity contribution >= 4 is 17.4 Å². The molecule has 0 atom stereocenters. The molecular formula is C18H21N5O. The number of aryl methyl sites for hydroxylation is 3. The molecule has 3 rings (SSSR count). The lowest BCUT2D eigenvalue weighted by Gasteiger charge is -2.10. The van der Waals surface area contributed by atoms with Gasteiger partial charge in [-0.25, -0.2) is 9.50 Å². The van der Waals surface area contributed by atoms with Gasteiger partial charge in [-0.05, 0) is 49.9 Å². The van der Waals surface area contributed by atoms with Crippen molar-refractivity contribution in [1.29, 1.82) is 0 Å². The lowest BCUT2D eigenvalue weighted by Crippen LogP contribution is -2.14. The highest BCUT2D eigenvalue weighted by atomic mass is 16.1. The Bertz CT molecular complexity index is 867. The van der Waals surface area contributed by atoms with Crippen LogP contribution in [0.5, 0.6) is 0 Å². The molecule has 6 nitrogen and oxygen atoms in total. The molecule has 3 aromatic rings. The third-order valence-corrected chi connectivity index (χ3v) is 4.24. The smallest absolute Gasteiger partial charge is 0.252 e. The van der Waals surface area contributed by atoms with Crippen LogP contribution in [0.4, 0.5) is 5.69 Å². The molecule has 2 aromatic heterocycles. The van der Waals surface area contributed by atoms with E-state index in [1.807, 2.05) is 38.1 Å². The molecule has 2 heterocycles. The number of carbonyl (C=O) groups excluding carboxylic acids is 1. The molecule has 1 aromatic carbocycles. The van der Waals surface area contributed by atoms with Gasteiger partial charge >= 0.3 is 0 Å². The Morgan fingerprint density at radius 3 is 2.67 bits per heavy atom. The summed E-state index contributed by atoms with van der Waals surface area (Å²) >= 11 is 0. The Morgan fingerprint density at radius 1 is 1.21 bits per heavy atom. The van der Waals surface area contributed by atoms with Gasteiger partial charge in [-0.1, -0.05) is 19.1 Å². The molecule has 0 saturated carbocycles. The molecule has 0 aliphatic rings. The van der Waals surface area contributed by atoms with Crippen molar-refractivity contribution < 1.29 is 4.79 Å². The number of amides is 1. The first kappa shape index (κ1) is 16.1. The molecule has 0 saturated heterocycles. The zero-order valence-corrected chi connectivity index (χ0v) is 14.2. The van der Waals surface area contributed by atoms with E-state index in [2.05, 4.69) is 27.3 Å². The number of aromatic nitrogens is 4. The lowest BCUT2D eigenvalue weighted by atomic mass is 10.1. The number of rotatable bonds is 5. The molecule has 0 bridgehead atoms. The Labute approximate surface area is 141 Å². The van der Waals surface area contributed by atoms with Crippen LogP contribution in [0.15, 0.2) is 30.6 Å². The Kier molecular flexibility index (Phi) is 4.55. The quantitative estimate of drug-likeness (QED) is 0.783. The maximum Gasteiger partial charge on any atom is 0.252 e. The average Bonchev–Trinajstić information content (AvgIpc) is 3.04. The van der Waals surface area contributed by atoms with Crippen LogP contribution < -0.4 is 5.32 Å². The van der Waals surface area contributed by atoms with Gasteiger partial charge in [-0.2, -0.15) is 10.1 Å². The first-order valence-corrected chi connectivity index (χ1v) is 8.13. The van der Waals surface area contributed by atoms with E-state index in [0.29, 0.717) is 18.6 Å². The Hall–Kier alpha value is -2.76. The minimum atomic E-state index is -0.00302. The van der Waals surface area contributed by atoms with Crippen molar-refractivity contribution in [3.8, 4) is 0 Å². The zero-order valence-electron chi connectivity index (χ0n) is 14.2. The summed E-state index contributed by atoms with van der Waals surface area (Å²) in [6.07, 6.45) is 3.51. The van der Waals surface area contributed by atoms with Crippen LogP contribution in [0.3, 0.4) is 0 Å². The number of nitrogens with one attached hydrogen (secondary N) is 1. The third kappa shape index (κ3) is 3.27. The average molecular weight is 323 g/mol. The predicted molar refractivity (Wildman–Crippen MR) is 93.0 cm³/mol. The van der Waals surface area contributed by atoms with Gasteiger partial charge in [0.05, 0.1) is 0 Å². The van der Waals surface area contributed by atoms with Crippen molar-refractivity contribution in [2.24, 2.45) is 0 Å². The van der Waals surface area contributed by atoms with Crippen molar-refractivity contribution in [2.45, 2.75) is 40.0 Å². The van der Waals surface area contributed by atoms with E-state index in [0.717, 1.165) is 29.1 Å². The number of hydrogen-bond acceptors (Lipinski definition) is 4. The van der Waals surface area contributed by atoms with E-state index in [9.17, 15) is 4.79 Å². The number of fused-ring (bicyclic) bond motifs is 1. The van der Waals surface area contributed by atoms with Crippen molar-refractivity contribution in [3.05, 3.63) is 53.1 Å². The van der Waals surface area contributed by atoms with Crippen molar-refractivity contribution in [3.63, 3.8) is 0 Å². The largest absolute Gasteiger partial charge is 0.326 e. The molecule has 0 fully saturated rings. The van der Waals surface area contributed by atoms with Gasteiger partial charge < -0.3 is 5.32 Å². The van der Waals surface area contributed by atoms with Crippen molar-refractivity contribution in [1.82, 2.24) is 19.6 Å². The molecule has 0 unspecified atom stereocenters. The van der Waals surface area contributed by atoms with E-state index >= 15 is 0 Å². The Balaban J connectivity index is 1.67. The topological polar surface area (TPSA) is 72.2 Å². The monoisotopic (exact) mass is 323 g/mol. The second kappa shape index (κ2) is 6.78. The fourth-order valence-corrected chi connectivity index (χ4v) is 2.80. The van der Waals surface area contributed by atoms with Crippen LogP contribution in [0, 0.1) is 13.8 Å². The zero-order chi connectivity index (χ0) is 17.1. The molecule has 6 heteroatoms. The van der Waals surface area contributed by atoms with Gasteiger partial charge in [0.1, 0.15) is 6.33 Å². The Morgan fingerprint density at radius 2 is 1.96 bits per heavy atom. The fraction of sp³-hybridized carbons (Fsp3) is 0.333. The fourth-order valence-electron chi connectivity index (χ4n) is 2.80. The van der Waals surface area contributed by atoms with E-state index in [1.165, 1.54) is 11.9 Å². The van der Waals surface area contributed by atoms with Gasteiger partial charge in [-0.15, -0.1) is 0 Å². The van der Waals surface area contributed by atoms with Gasteiger partial charge in [-0.3, -0.25) is 4.79 Å². The van der Waals surface area contributed by atoms with Crippen LogP contribution in [-0.2, 0) is 17.6 Å². The van der Waals surface area contributed by atoms with Gasteiger partial charge in [0.25, 0.3) is 5.78 Å². The van der Waals surface area contributed by atoms with Gasteiger partial charge in [0.2, 0.25) is 5.91 Å². The van der Waals surface area contributed by atoms with Crippen LogP contribution in [0.1, 0.15) is 35.9 Å². The van der Waals surface area contributed by atoms with Crippen LogP contribution >= 0.6 is 0 Å². The molecule has 24 heavy (non-hydrogen) atoms. The second-order valence-electron chi connectivity index (χ2n) is 5.83. The number of benzene rings is 1. The van der Waals surface area contributed by atoms with E-state index in [4.69, 9.17) is 0 Å². The SMILES string of the molecule is CCc1ccc(NC(=O)CCc2c(C)nc3ncnn3c2C)cc1. The first-order chi connectivity index (χ1) is 11.6. The molecule has 124 valence electrons. The summed E-state index contributed by atoms with van der Waals surface area (Å²) in [4.78, 5) is 20.8. The minimum Gasteiger partial charge on any atom is -0.326 e. The van der Waals surface area contributed by atoms with Crippen LogP contribution in [-0.4, -0.2) is 25.5 Å². The van der Waals surface area contributed by atoms with Gasteiger partial charge in [0.15, 0.2) is 0 Å². The summed E-state index contributed by atoms with van der Waals surface area (Å²) in [7, 11) is 0. The molecule has 1 N–H and O–H groups in total. The predicted octanol–water partition coefficient (Wildman–Crippen LogP) is 2.87. The highest BCUT2D eigenvalue weighted by Crippen LogP contribution is 2.16. The molecular weight excluding hydrogens is 302 g/mol. The lowest BCUT2D eigenvalue weighted by molar-refractivity contribution is -0.116. The number of carbonyl (C=O) groups is 1. The normalized spacial score (nSPS) is 11.0. The maximum absolute atomic E-state index is 12.2. The molecule has 0 radical (unpaired) electrons. The molecule has 0 aliphatic carbocycles. The number of hydrogen-bond donors (Lipinski definition) is 1. The first-order valence-electron chi connectivity index (χ1n) is 8.13. The van der Waals surface area contributed by atoms with E-state index in [-0.39, 0.29) is 5.91 Å². The van der Waals surface area contributed by atoms with E-state index < -0.39 is 0 Å². The third-order valence-electron chi connectivity index (χ3n) is 4.24. The highest BCUT2D eigenvalue weighted by Gasteiger charge is 2.12. The molecule has 1 amide bonds. The standard InChI is InChI=1S/C18H21N5O/c1-4-14-5-7-15(8-6-14)22-17(24)10-9-16-12(2)21-18-19-11-20-23(18)13(16)3/h5-8,11H,4,9-10H2,1-3H3,(H,22,24). The summed E-state index contributed by atoms with van der Waals surface area (Å²) in [6, 6.07) is 7.95. The summed E-state index contributed by atoms with van der Waals surface area (Å²) in [5, 5.41) is 7.11. The van der Waals surface area contributed by atoms with E-state index in [1.54, 1.807) is 4.52 Å². The molecule has 0 spiro atoms. The molecule has 0 aliphatic heterocycles. The minimum absolute atomic E-state index is 0.00302. The van der Waals surface area contributed by atoms with Crippen molar-refractivity contribution in [2.75, 3.05) is 5.32 Å². The van der Waals surface area contributed by atoms with Crippen LogP contribution in [0.2, 0.25) is 0 Å². The summed E-state index contributed by atoms with van der Waals surface area (Å²) in [6.45, 7) is 6.03. The number of nitrogens with zero attached hydrogens (tertiary/aromatic N) is 4. The summed E-state index contributed by atoms with van der Waals surface area (Å²) in [5.74, 6) is 0.589.